The molecule has 0 unspecified atom stereocenters. The minimum absolute atomic E-state index is 0.127. The Kier molecular flexibility index (Phi) is 4.37. The van der Waals surface area contributed by atoms with Crippen LogP contribution in [0.5, 0.6) is 0 Å². The summed E-state index contributed by atoms with van der Waals surface area (Å²) in [6, 6.07) is 5.22. The van der Waals surface area contributed by atoms with E-state index in [1.54, 1.807) is 29.4 Å². The van der Waals surface area contributed by atoms with Crippen LogP contribution < -0.4 is 5.73 Å². The normalized spacial score (nSPS) is 20.6. The molecular formula is C14H22N2O2S2. The third-order valence-corrected chi connectivity index (χ3v) is 7.13. The number of anilines is 1. The van der Waals surface area contributed by atoms with Crippen molar-refractivity contribution < 1.29 is 8.42 Å². The third-order valence-electron chi connectivity index (χ3n) is 3.64. The molecular weight excluding hydrogens is 292 g/mol. The van der Waals surface area contributed by atoms with E-state index in [0.717, 1.165) is 12.2 Å². The summed E-state index contributed by atoms with van der Waals surface area (Å²) < 4.78 is 27.4. The predicted molar refractivity (Wildman–Crippen MR) is 85.5 cm³/mol. The quantitative estimate of drug-likeness (QED) is 0.852. The van der Waals surface area contributed by atoms with E-state index < -0.39 is 10.0 Å². The lowest BCUT2D eigenvalue weighted by molar-refractivity contribution is 0.415. The highest BCUT2D eigenvalue weighted by Crippen LogP contribution is 2.33. The fourth-order valence-corrected chi connectivity index (χ4v) is 5.38. The Morgan fingerprint density at radius 1 is 1.30 bits per heavy atom. The van der Waals surface area contributed by atoms with Gasteiger partial charge in [0.25, 0.3) is 0 Å². The van der Waals surface area contributed by atoms with Crippen molar-refractivity contribution in [3.63, 3.8) is 0 Å². The molecule has 2 N–H and O–H groups in total. The Hall–Kier alpha value is -0.720. The average molecular weight is 314 g/mol. The third kappa shape index (κ3) is 3.13. The first kappa shape index (κ1) is 15.7. The summed E-state index contributed by atoms with van der Waals surface area (Å²) in [4.78, 5) is 0.268. The zero-order valence-corrected chi connectivity index (χ0v) is 13.9. The number of nitrogen functional groups attached to an aromatic ring is 1. The number of hydrogen-bond acceptors (Lipinski definition) is 4. The lowest BCUT2D eigenvalue weighted by atomic mass is 10.1. The molecule has 0 atom stereocenters. The maximum Gasteiger partial charge on any atom is 0.245 e. The van der Waals surface area contributed by atoms with Crippen LogP contribution in [0.15, 0.2) is 23.1 Å². The molecule has 112 valence electrons. The maximum absolute atomic E-state index is 12.8. The molecule has 1 heterocycles. The number of thioether (sulfide) groups is 1. The molecule has 0 amide bonds. The maximum atomic E-state index is 12.8. The number of aryl methyl sites for hydroxylation is 1. The average Bonchev–Trinajstić information content (AvgIpc) is 2.50. The number of benzene rings is 1. The SMILES string of the molecule is Cc1cccc(N)c1S(=O)(=O)N1CCSC(C)(C)CC1. The van der Waals surface area contributed by atoms with E-state index in [2.05, 4.69) is 13.8 Å². The van der Waals surface area contributed by atoms with Gasteiger partial charge >= 0.3 is 0 Å². The van der Waals surface area contributed by atoms with Crippen molar-refractivity contribution in [2.45, 2.75) is 36.8 Å². The topological polar surface area (TPSA) is 63.4 Å². The van der Waals surface area contributed by atoms with Crippen LogP contribution in [0.4, 0.5) is 5.69 Å². The van der Waals surface area contributed by atoms with Crippen molar-refractivity contribution in [2.24, 2.45) is 0 Å². The van der Waals surface area contributed by atoms with E-state index >= 15 is 0 Å². The molecule has 1 aliphatic rings. The number of rotatable bonds is 2. The van der Waals surface area contributed by atoms with Crippen molar-refractivity contribution in [1.82, 2.24) is 4.31 Å². The monoisotopic (exact) mass is 314 g/mol. The van der Waals surface area contributed by atoms with E-state index in [1.807, 2.05) is 11.8 Å². The van der Waals surface area contributed by atoms with Crippen LogP contribution in [0.25, 0.3) is 0 Å². The number of nitrogens with two attached hydrogens (primary N) is 1. The largest absolute Gasteiger partial charge is 0.398 e. The first-order chi connectivity index (χ1) is 9.24. The second kappa shape index (κ2) is 5.58. The van der Waals surface area contributed by atoms with Crippen LogP contribution in [0, 0.1) is 6.92 Å². The number of sulfonamides is 1. The van der Waals surface area contributed by atoms with Gasteiger partial charge in [-0.3, -0.25) is 0 Å². The highest BCUT2D eigenvalue weighted by atomic mass is 32.2. The van der Waals surface area contributed by atoms with Crippen LogP contribution in [-0.4, -0.2) is 36.3 Å². The molecule has 0 bridgehead atoms. The Balaban J connectivity index is 2.36. The van der Waals surface area contributed by atoms with Crippen molar-refractivity contribution in [3.05, 3.63) is 23.8 Å². The van der Waals surface area contributed by atoms with Gasteiger partial charge in [0.1, 0.15) is 4.90 Å². The van der Waals surface area contributed by atoms with E-state index in [4.69, 9.17) is 5.73 Å². The van der Waals surface area contributed by atoms with E-state index in [0.29, 0.717) is 24.3 Å². The molecule has 1 fully saturated rings. The summed E-state index contributed by atoms with van der Waals surface area (Å²) >= 11 is 1.83. The number of nitrogens with zero attached hydrogens (tertiary/aromatic N) is 1. The molecule has 0 saturated carbocycles. The first-order valence-corrected chi connectivity index (χ1v) is 9.16. The van der Waals surface area contributed by atoms with Gasteiger partial charge < -0.3 is 5.73 Å². The minimum atomic E-state index is -3.50. The molecule has 0 aliphatic carbocycles. The summed E-state index contributed by atoms with van der Waals surface area (Å²) in [6.07, 6.45) is 0.850. The smallest absolute Gasteiger partial charge is 0.245 e. The summed E-state index contributed by atoms with van der Waals surface area (Å²) in [5.74, 6) is 0.817. The van der Waals surface area contributed by atoms with E-state index in [9.17, 15) is 8.42 Å². The Morgan fingerprint density at radius 2 is 2.00 bits per heavy atom. The van der Waals surface area contributed by atoms with Crippen molar-refractivity contribution in [1.29, 1.82) is 0 Å². The van der Waals surface area contributed by atoms with E-state index in [-0.39, 0.29) is 9.64 Å². The lowest BCUT2D eigenvalue weighted by Crippen LogP contribution is -2.34. The van der Waals surface area contributed by atoms with Crippen molar-refractivity contribution >= 4 is 27.5 Å². The molecule has 20 heavy (non-hydrogen) atoms. The van der Waals surface area contributed by atoms with Crippen LogP contribution >= 0.6 is 11.8 Å². The minimum Gasteiger partial charge on any atom is -0.398 e. The molecule has 0 spiro atoms. The van der Waals surface area contributed by atoms with Gasteiger partial charge in [-0.2, -0.15) is 16.1 Å². The van der Waals surface area contributed by atoms with Gasteiger partial charge in [0.05, 0.1) is 5.69 Å². The van der Waals surface area contributed by atoms with Gasteiger partial charge in [-0.1, -0.05) is 26.0 Å². The van der Waals surface area contributed by atoms with Crippen LogP contribution in [0.1, 0.15) is 25.8 Å². The van der Waals surface area contributed by atoms with Crippen LogP contribution in [0.2, 0.25) is 0 Å². The second-order valence-electron chi connectivity index (χ2n) is 5.76. The van der Waals surface area contributed by atoms with Gasteiger partial charge in [-0.05, 0) is 25.0 Å². The Labute approximate surface area is 125 Å². The van der Waals surface area contributed by atoms with Gasteiger partial charge in [0, 0.05) is 23.6 Å². The van der Waals surface area contributed by atoms with E-state index in [1.165, 1.54) is 0 Å². The zero-order chi connectivity index (χ0) is 15.0. The molecule has 1 aromatic rings. The molecule has 1 saturated heterocycles. The van der Waals surface area contributed by atoms with Crippen molar-refractivity contribution in [2.75, 3.05) is 24.6 Å². The molecule has 0 radical (unpaired) electrons. The van der Waals surface area contributed by atoms with Gasteiger partial charge in [0.15, 0.2) is 0 Å². The molecule has 4 nitrogen and oxygen atoms in total. The van der Waals surface area contributed by atoms with Crippen LogP contribution in [-0.2, 0) is 10.0 Å². The highest BCUT2D eigenvalue weighted by Gasteiger charge is 2.32. The zero-order valence-electron chi connectivity index (χ0n) is 12.2. The predicted octanol–water partition coefficient (Wildman–Crippen LogP) is 2.48. The standard InChI is InChI=1S/C14H22N2O2S2/c1-11-5-4-6-12(15)13(11)20(17,18)16-8-7-14(2,3)19-10-9-16/h4-6H,7-10,15H2,1-3H3. The Morgan fingerprint density at radius 3 is 2.65 bits per heavy atom. The summed E-state index contributed by atoms with van der Waals surface area (Å²) in [7, 11) is -3.50. The lowest BCUT2D eigenvalue weighted by Gasteiger charge is -2.23. The fourth-order valence-electron chi connectivity index (χ4n) is 2.40. The van der Waals surface area contributed by atoms with Gasteiger partial charge in [-0.15, -0.1) is 0 Å². The molecule has 1 aliphatic heterocycles. The summed E-state index contributed by atoms with van der Waals surface area (Å²) in [6.45, 7) is 7.21. The first-order valence-electron chi connectivity index (χ1n) is 6.73. The molecule has 2 rings (SSSR count). The second-order valence-corrected chi connectivity index (χ2v) is 9.43. The Bertz CT molecular complexity index is 577. The summed E-state index contributed by atoms with van der Waals surface area (Å²) in [5, 5.41) is 0. The number of hydrogen-bond donors (Lipinski definition) is 1. The van der Waals surface area contributed by atoms with Crippen molar-refractivity contribution in [3.8, 4) is 0 Å². The highest BCUT2D eigenvalue weighted by molar-refractivity contribution is 8.00. The molecule has 6 heteroatoms. The molecule has 1 aromatic carbocycles. The van der Waals surface area contributed by atoms with Gasteiger partial charge in [-0.25, -0.2) is 8.42 Å². The molecule has 0 aromatic heterocycles. The van der Waals surface area contributed by atoms with Gasteiger partial charge in [0.2, 0.25) is 10.0 Å². The summed E-state index contributed by atoms with van der Waals surface area (Å²) in [5.41, 5.74) is 6.94. The fraction of sp³-hybridized carbons (Fsp3) is 0.571. The van der Waals surface area contributed by atoms with Crippen LogP contribution in [0.3, 0.4) is 0 Å².